The van der Waals surface area contributed by atoms with Gasteiger partial charge in [-0.3, -0.25) is 33.8 Å². The van der Waals surface area contributed by atoms with Gasteiger partial charge in [0.05, 0.1) is 34.8 Å². The number of imide groups is 1. The van der Waals surface area contributed by atoms with Crippen molar-refractivity contribution >= 4 is 80.9 Å². The number of carbonyl (C=O) groups is 8. The topological polar surface area (TPSA) is 318 Å². The maximum atomic E-state index is 13.5. The largest absolute Gasteiger partial charge is 1.00 e. The molecule has 1 aromatic heterocycles. The first-order valence-corrected chi connectivity index (χ1v) is 21.3. The van der Waals surface area contributed by atoms with E-state index < -0.39 is 91.0 Å². The number of amides is 7. The summed E-state index contributed by atoms with van der Waals surface area (Å²) in [5.74, 6) is -6.62. The zero-order valence-electron chi connectivity index (χ0n) is 33.6. The molecule has 0 saturated carbocycles. The molecule has 316 valence electrons. The quantitative estimate of drug-likeness (QED) is 0.0862. The number of phenols is 1. The van der Waals surface area contributed by atoms with Gasteiger partial charge in [0.25, 0.3) is 5.91 Å². The predicted octanol–water partition coefficient (Wildman–Crippen LogP) is -10.6. The van der Waals surface area contributed by atoms with Crippen molar-refractivity contribution < 1.29 is 121 Å². The smallest absolute Gasteiger partial charge is 0.548 e. The van der Waals surface area contributed by atoms with Crippen LogP contribution in [-0.4, -0.2) is 160 Å². The maximum Gasteiger partial charge on any atom is 1.00 e. The number of rotatable bonds is 10. The number of sulfone groups is 1. The maximum absolute atomic E-state index is 13.5. The third-order valence-electron chi connectivity index (χ3n) is 10.4. The number of likely N-dealkylation sites (N-methyl/N-ethyl adjacent to an activating group) is 1. The Morgan fingerprint density at radius 2 is 1.70 bits per heavy atom. The minimum Gasteiger partial charge on any atom is -0.548 e. The van der Waals surface area contributed by atoms with E-state index in [0.717, 1.165) is 9.80 Å². The average molecular weight is 923 g/mol. The molecular weight excluding hydrogens is 887 g/mol. The number of fused-ring (bicyclic) bond motifs is 2. The standard InChI is InChI=1S/C25H27N9O8S2.C8H11NO5S.2Na/c1-3-32-8-9-33(21(39)20(32)38)24(42)27-15(12-4-6-14(35)7-5-12)18(36)26-16-19(37)34-17(23(40)41)13(10-43-22(16)34)11-44-25-28-29-30-31(25)2;1-8(2)6(7(11)12)9-4(10)3-5(9)15(8,13)14;;/h4-7,15-16,22,35H,3,8-11H2,1-2H3,(H,26,36)(H,27,42)(H,40,41);5-6H,3H2,1-2H3,(H,11,12);;/q;;2*+1/p-2/t15-,16-,22-;5-,6+;;/m11../s1. The molecule has 6 heterocycles. The molecule has 5 atom stereocenters. The number of thioether (sulfide) groups is 2. The normalized spacial score (nSPS) is 23.7. The number of nitrogens with one attached hydrogen (secondary N) is 2. The first kappa shape index (κ1) is 49.9. The summed E-state index contributed by atoms with van der Waals surface area (Å²) >= 11 is 2.43. The molecule has 4 saturated heterocycles. The number of carbonyl (C=O) groups excluding carboxylic acids is 8. The van der Waals surface area contributed by atoms with Crippen LogP contribution in [0.1, 0.15) is 38.8 Å². The Kier molecular flexibility index (Phi) is 15.8. The number of benzene rings is 1. The van der Waals surface area contributed by atoms with Crippen LogP contribution in [0.4, 0.5) is 4.79 Å². The SMILES string of the molecule is CC1(C)[C@H](C(=O)[O-])N2C(=O)C[C@H]2S1(=O)=O.CCN1CCN(C(=O)N[C@@H](C(=O)N[C@@H]2C(=O)N3C(C(=O)[O-])=C(CSc4nnnn4C)CS[C@H]23)c2ccc(O)cc2)C(=O)C1=O.[Na+].[Na+]. The van der Waals surface area contributed by atoms with Crippen molar-refractivity contribution in [1.29, 1.82) is 0 Å². The van der Waals surface area contributed by atoms with Crippen molar-refractivity contribution in [3.63, 3.8) is 0 Å². The molecule has 28 heteroatoms. The zero-order chi connectivity index (χ0) is 43.3. The Morgan fingerprint density at radius 1 is 1.05 bits per heavy atom. The van der Waals surface area contributed by atoms with Gasteiger partial charge in [-0.2, -0.15) is 0 Å². The van der Waals surface area contributed by atoms with Crippen molar-refractivity contribution in [2.24, 2.45) is 7.05 Å². The van der Waals surface area contributed by atoms with Gasteiger partial charge in [-0.15, -0.1) is 16.9 Å². The van der Waals surface area contributed by atoms with Crippen molar-refractivity contribution in [2.45, 2.75) is 66.0 Å². The minimum atomic E-state index is -3.61. The van der Waals surface area contributed by atoms with Crippen LogP contribution in [0.15, 0.2) is 40.7 Å². The monoisotopic (exact) mass is 922 g/mol. The summed E-state index contributed by atoms with van der Waals surface area (Å²) in [6.07, 6.45) is -0.116. The number of aryl methyl sites for hydroxylation is 1. The molecule has 5 aliphatic rings. The van der Waals surface area contributed by atoms with Gasteiger partial charge in [0, 0.05) is 38.2 Å². The molecule has 0 bridgehead atoms. The number of tetrazole rings is 1. The molecule has 0 radical (unpaired) electrons. The fourth-order valence-corrected chi connectivity index (χ4v) is 11.5. The van der Waals surface area contributed by atoms with E-state index in [-0.39, 0.29) is 107 Å². The number of aliphatic carboxylic acids is 2. The van der Waals surface area contributed by atoms with Crippen LogP contribution in [0.25, 0.3) is 0 Å². The van der Waals surface area contributed by atoms with Gasteiger partial charge >= 0.3 is 77.0 Å². The molecule has 0 spiro atoms. The van der Waals surface area contributed by atoms with Crippen LogP contribution < -0.4 is 80.0 Å². The van der Waals surface area contributed by atoms with Crippen molar-refractivity contribution in [3.05, 3.63) is 41.1 Å². The predicted molar refractivity (Wildman–Crippen MR) is 197 cm³/mol. The number of carboxylic acid groups (broad SMARTS) is 2. The second-order valence-corrected chi connectivity index (χ2v) is 18.9. The van der Waals surface area contributed by atoms with Crippen molar-refractivity contribution in [3.8, 4) is 5.75 Å². The summed E-state index contributed by atoms with van der Waals surface area (Å²) in [4.78, 5) is 103. The molecule has 61 heavy (non-hydrogen) atoms. The van der Waals surface area contributed by atoms with Gasteiger partial charge < -0.3 is 45.3 Å². The average Bonchev–Trinajstić information content (AvgIpc) is 3.65. The number of carboxylic acids is 2. The summed E-state index contributed by atoms with van der Waals surface area (Å²) in [6.45, 7) is 4.65. The van der Waals surface area contributed by atoms with Gasteiger partial charge in [-0.25, -0.2) is 17.9 Å². The van der Waals surface area contributed by atoms with Crippen LogP contribution in [0.5, 0.6) is 5.75 Å². The molecule has 23 nitrogen and oxygen atoms in total. The number of piperazine rings is 1. The van der Waals surface area contributed by atoms with Gasteiger partial charge in [0.1, 0.15) is 28.6 Å². The molecule has 5 aliphatic heterocycles. The summed E-state index contributed by atoms with van der Waals surface area (Å²) in [5, 5.41) is 47.6. The van der Waals surface area contributed by atoms with Crippen molar-refractivity contribution in [1.82, 2.24) is 50.4 Å². The number of aromatic hydroxyl groups is 1. The van der Waals surface area contributed by atoms with E-state index in [1.807, 2.05) is 0 Å². The Balaban J connectivity index is 0.000000406. The van der Waals surface area contributed by atoms with Crippen LogP contribution in [0.2, 0.25) is 0 Å². The first-order chi connectivity index (χ1) is 27.7. The number of phenolic OH excluding ortho intramolecular Hbond substituents is 1. The molecule has 7 rings (SSSR count). The molecule has 1 aromatic carbocycles. The molecule has 7 amide bonds. The first-order valence-electron chi connectivity index (χ1n) is 17.7. The second kappa shape index (κ2) is 19.3. The molecule has 0 aliphatic carbocycles. The Bertz CT molecular complexity index is 2300. The molecule has 4 fully saturated rings. The van der Waals surface area contributed by atoms with Crippen LogP contribution in [-0.2, 0) is 50.4 Å². The van der Waals surface area contributed by atoms with E-state index in [1.165, 1.54) is 71.2 Å². The number of β-lactam (4-membered cyclic amide) rings is 2. The van der Waals surface area contributed by atoms with E-state index in [9.17, 15) is 62.1 Å². The third-order valence-corrected chi connectivity index (χ3v) is 15.6. The number of hydrogen-bond acceptors (Lipinski definition) is 18. The van der Waals surface area contributed by atoms with Crippen LogP contribution >= 0.6 is 23.5 Å². The number of nitrogens with zero attached hydrogens (tertiary/aromatic N) is 8. The van der Waals surface area contributed by atoms with Gasteiger partial charge in [-0.05, 0) is 54.5 Å². The Hall–Kier alpha value is -3.76. The third kappa shape index (κ3) is 9.18. The van der Waals surface area contributed by atoms with Gasteiger partial charge in [0.15, 0.2) is 9.84 Å². The summed E-state index contributed by atoms with van der Waals surface area (Å²) in [5.41, 5.74) is 0.353. The molecule has 2 aromatic rings. The van der Waals surface area contributed by atoms with E-state index in [2.05, 4.69) is 26.2 Å². The van der Waals surface area contributed by atoms with Crippen molar-refractivity contribution in [2.75, 3.05) is 31.1 Å². The summed E-state index contributed by atoms with van der Waals surface area (Å²) in [7, 11) is -1.98. The second-order valence-electron chi connectivity index (χ2n) is 14.2. The van der Waals surface area contributed by atoms with Gasteiger partial charge in [-0.1, -0.05) is 23.9 Å². The van der Waals surface area contributed by atoms with E-state index in [1.54, 1.807) is 14.0 Å². The Labute approximate surface area is 400 Å². The number of hydrogen-bond donors (Lipinski definition) is 3. The molecule has 3 N–H and O–H groups in total. The molecule has 0 unspecified atom stereocenters. The van der Waals surface area contributed by atoms with Crippen LogP contribution in [0.3, 0.4) is 0 Å². The minimum absolute atomic E-state index is 0. The van der Waals surface area contributed by atoms with E-state index in [0.29, 0.717) is 22.2 Å². The summed E-state index contributed by atoms with van der Waals surface area (Å²) < 4.78 is 23.7. The summed E-state index contributed by atoms with van der Waals surface area (Å²) in [6, 6.07) is 0.394. The fraction of sp³-hybridized carbons (Fsp3) is 0.485. The van der Waals surface area contributed by atoms with Gasteiger partial charge in [0.2, 0.25) is 17.0 Å². The number of aromatic nitrogens is 4. The van der Waals surface area contributed by atoms with E-state index >= 15 is 0 Å². The Morgan fingerprint density at radius 3 is 2.25 bits per heavy atom. The fourth-order valence-electron chi connectivity index (χ4n) is 7.06. The zero-order valence-corrected chi connectivity index (χ0v) is 40.0. The molecular formula is C33H36N10Na2O13S3. The van der Waals surface area contributed by atoms with Crippen LogP contribution in [0, 0.1) is 0 Å². The number of urea groups is 1. The van der Waals surface area contributed by atoms with E-state index in [4.69, 9.17) is 0 Å².